The molecular weight excluding hydrogens is 233 g/mol. The van der Waals surface area contributed by atoms with Crippen molar-refractivity contribution in [2.24, 2.45) is 0 Å². The quantitative estimate of drug-likeness (QED) is 0.787. The van der Waals surface area contributed by atoms with Gasteiger partial charge in [0.1, 0.15) is 5.82 Å². The van der Waals surface area contributed by atoms with Gasteiger partial charge in [-0.1, -0.05) is 17.7 Å². The molecule has 0 aliphatic heterocycles. The molecule has 0 saturated carbocycles. The molecular formula is C9H7ClFN5. The van der Waals surface area contributed by atoms with Gasteiger partial charge in [0.2, 0.25) is 11.9 Å². The topological polar surface area (TPSA) is 90.7 Å². The lowest BCUT2D eigenvalue weighted by Gasteiger charge is -2.04. The van der Waals surface area contributed by atoms with Gasteiger partial charge in [0.05, 0.1) is 5.02 Å². The average Bonchev–Trinajstić information content (AvgIpc) is 2.20. The van der Waals surface area contributed by atoms with Crippen LogP contribution in [0.1, 0.15) is 0 Å². The average molecular weight is 240 g/mol. The second-order valence-electron chi connectivity index (χ2n) is 2.98. The summed E-state index contributed by atoms with van der Waals surface area (Å²) >= 11 is 5.78. The second-order valence-corrected chi connectivity index (χ2v) is 3.35. The number of nitrogen functional groups attached to an aromatic ring is 2. The van der Waals surface area contributed by atoms with Crippen LogP contribution in [0.5, 0.6) is 0 Å². The predicted octanol–water partition coefficient (Wildman–Crippen LogP) is 1.50. The molecule has 7 heteroatoms. The fourth-order valence-electron chi connectivity index (χ4n) is 1.21. The summed E-state index contributed by atoms with van der Waals surface area (Å²) < 4.78 is 13.2. The highest BCUT2D eigenvalue weighted by atomic mass is 35.5. The number of nitrogens with zero attached hydrogens (tertiary/aromatic N) is 3. The lowest BCUT2D eigenvalue weighted by molar-refractivity contribution is 0.628. The zero-order chi connectivity index (χ0) is 11.7. The number of aromatic nitrogens is 3. The molecule has 1 heterocycles. The third-order valence-corrected chi connectivity index (χ3v) is 2.25. The minimum absolute atomic E-state index is 0.0390. The number of rotatable bonds is 1. The molecule has 0 fully saturated rings. The van der Waals surface area contributed by atoms with Gasteiger partial charge in [0, 0.05) is 5.56 Å². The normalized spacial score (nSPS) is 10.4. The molecule has 2 aromatic rings. The lowest BCUT2D eigenvalue weighted by Crippen LogP contribution is -2.04. The molecule has 0 atom stereocenters. The Morgan fingerprint density at radius 2 is 1.69 bits per heavy atom. The van der Waals surface area contributed by atoms with Crippen molar-refractivity contribution in [2.75, 3.05) is 11.5 Å². The maximum absolute atomic E-state index is 13.2. The minimum atomic E-state index is -0.559. The maximum Gasteiger partial charge on any atom is 0.225 e. The first-order chi connectivity index (χ1) is 7.58. The largest absolute Gasteiger partial charge is 0.368 e. The first-order valence-corrected chi connectivity index (χ1v) is 4.67. The highest BCUT2D eigenvalue weighted by Gasteiger charge is 2.11. The van der Waals surface area contributed by atoms with Gasteiger partial charge in [-0.2, -0.15) is 15.0 Å². The Morgan fingerprint density at radius 3 is 2.31 bits per heavy atom. The van der Waals surface area contributed by atoms with Crippen LogP contribution in [0.25, 0.3) is 11.4 Å². The van der Waals surface area contributed by atoms with E-state index in [0.29, 0.717) is 5.56 Å². The van der Waals surface area contributed by atoms with Gasteiger partial charge in [-0.25, -0.2) is 4.39 Å². The van der Waals surface area contributed by atoms with E-state index in [4.69, 9.17) is 23.1 Å². The van der Waals surface area contributed by atoms with Crippen molar-refractivity contribution in [1.82, 2.24) is 15.0 Å². The molecule has 0 amide bonds. The van der Waals surface area contributed by atoms with E-state index in [2.05, 4.69) is 15.0 Å². The summed E-state index contributed by atoms with van der Waals surface area (Å²) in [5.74, 6) is -0.489. The van der Waals surface area contributed by atoms with Gasteiger partial charge in [0.25, 0.3) is 0 Å². The summed E-state index contributed by atoms with van der Waals surface area (Å²) in [6.07, 6.45) is 0. The Bertz CT molecular complexity index is 525. The van der Waals surface area contributed by atoms with Crippen LogP contribution >= 0.6 is 11.6 Å². The molecule has 1 aromatic heterocycles. The van der Waals surface area contributed by atoms with Crippen LogP contribution in [0.4, 0.5) is 16.3 Å². The number of hydrogen-bond donors (Lipinski definition) is 2. The molecule has 16 heavy (non-hydrogen) atoms. The number of nitrogens with two attached hydrogens (primary N) is 2. The third-order valence-electron chi connectivity index (χ3n) is 1.86. The van der Waals surface area contributed by atoms with Crippen LogP contribution in [0, 0.1) is 5.82 Å². The van der Waals surface area contributed by atoms with Crippen molar-refractivity contribution >= 4 is 23.5 Å². The number of halogens is 2. The van der Waals surface area contributed by atoms with Crippen molar-refractivity contribution < 1.29 is 4.39 Å². The van der Waals surface area contributed by atoms with Gasteiger partial charge in [-0.05, 0) is 12.1 Å². The predicted molar refractivity (Wildman–Crippen MR) is 59.1 cm³/mol. The highest BCUT2D eigenvalue weighted by molar-refractivity contribution is 6.33. The monoisotopic (exact) mass is 239 g/mol. The Labute approximate surface area is 95.3 Å². The fourth-order valence-corrected chi connectivity index (χ4v) is 1.42. The van der Waals surface area contributed by atoms with E-state index in [1.807, 2.05) is 0 Å². The zero-order valence-electron chi connectivity index (χ0n) is 7.98. The molecule has 0 aliphatic carbocycles. The summed E-state index contributed by atoms with van der Waals surface area (Å²) in [6.45, 7) is 0. The van der Waals surface area contributed by atoms with Crippen molar-refractivity contribution in [3.8, 4) is 11.4 Å². The number of hydrogen-bond acceptors (Lipinski definition) is 5. The maximum atomic E-state index is 13.2. The van der Waals surface area contributed by atoms with E-state index in [-0.39, 0.29) is 22.7 Å². The van der Waals surface area contributed by atoms with Crippen LogP contribution in [0.15, 0.2) is 18.2 Å². The van der Waals surface area contributed by atoms with Crippen LogP contribution < -0.4 is 11.5 Å². The third kappa shape index (κ3) is 1.87. The summed E-state index contributed by atoms with van der Waals surface area (Å²) in [5, 5.41) is -0.0764. The molecule has 82 valence electrons. The van der Waals surface area contributed by atoms with E-state index in [1.165, 1.54) is 12.1 Å². The van der Waals surface area contributed by atoms with Crippen LogP contribution in [0.2, 0.25) is 5.02 Å². The van der Waals surface area contributed by atoms with Gasteiger partial charge in [-0.15, -0.1) is 0 Å². The SMILES string of the molecule is Nc1nc(N)nc(-c2cccc(F)c2Cl)n1. The molecule has 1 aromatic carbocycles. The van der Waals surface area contributed by atoms with Crippen LogP contribution in [-0.2, 0) is 0 Å². The summed E-state index contributed by atoms with van der Waals surface area (Å²) in [6, 6.07) is 4.30. The number of benzene rings is 1. The van der Waals surface area contributed by atoms with Gasteiger partial charge < -0.3 is 11.5 Å². The Morgan fingerprint density at radius 1 is 1.06 bits per heavy atom. The van der Waals surface area contributed by atoms with E-state index >= 15 is 0 Å². The molecule has 5 nitrogen and oxygen atoms in total. The highest BCUT2D eigenvalue weighted by Crippen LogP contribution is 2.27. The van der Waals surface area contributed by atoms with Crippen molar-refractivity contribution in [2.45, 2.75) is 0 Å². The summed E-state index contributed by atoms with van der Waals surface area (Å²) in [4.78, 5) is 11.3. The fraction of sp³-hybridized carbons (Fsp3) is 0. The molecule has 0 radical (unpaired) electrons. The van der Waals surface area contributed by atoms with E-state index in [0.717, 1.165) is 0 Å². The molecule has 0 aliphatic rings. The van der Waals surface area contributed by atoms with E-state index in [1.54, 1.807) is 6.07 Å². The van der Waals surface area contributed by atoms with E-state index in [9.17, 15) is 4.39 Å². The Kier molecular flexibility index (Phi) is 2.57. The summed E-state index contributed by atoms with van der Waals surface area (Å²) in [5.41, 5.74) is 11.1. The van der Waals surface area contributed by atoms with Crippen molar-refractivity contribution in [1.29, 1.82) is 0 Å². The van der Waals surface area contributed by atoms with Gasteiger partial charge >= 0.3 is 0 Å². The van der Waals surface area contributed by atoms with Crippen LogP contribution in [0.3, 0.4) is 0 Å². The first kappa shape index (κ1) is 10.6. The smallest absolute Gasteiger partial charge is 0.225 e. The molecule has 0 unspecified atom stereocenters. The second kappa shape index (κ2) is 3.90. The molecule has 2 rings (SSSR count). The Balaban J connectivity index is 2.63. The molecule has 4 N–H and O–H groups in total. The van der Waals surface area contributed by atoms with Crippen molar-refractivity contribution in [3.05, 3.63) is 29.0 Å². The molecule has 0 bridgehead atoms. The van der Waals surface area contributed by atoms with Crippen molar-refractivity contribution in [3.63, 3.8) is 0 Å². The van der Waals surface area contributed by atoms with E-state index < -0.39 is 5.82 Å². The van der Waals surface area contributed by atoms with Gasteiger partial charge in [-0.3, -0.25) is 0 Å². The minimum Gasteiger partial charge on any atom is -0.368 e. The number of anilines is 2. The molecule has 0 spiro atoms. The standard InChI is InChI=1S/C9H7ClFN5/c10-6-4(2-1-3-5(6)11)7-14-8(12)16-9(13)15-7/h1-3H,(H4,12,13,14,15,16). The molecule has 0 saturated heterocycles. The first-order valence-electron chi connectivity index (χ1n) is 4.29. The Hall–Kier alpha value is -1.95. The van der Waals surface area contributed by atoms with Gasteiger partial charge in [0.15, 0.2) is 5.82 Å². The zero-order valence-corrected chi connectivity index (χ0v) is 8.74. The summed E-state index contributed by atoms with van der Waals surface area (Å²) in [7, 11) is 0. The lowest BCUT2D eigenvalue weighted by atomic mass is 10.2. The van der Waals surface area contributed by atoms with Crippen LogP contribution in [-0.4, -0.2) is 15.0 Å².